The third-order valence-electron chi connectivity index (χ3n) is 6.38. The Labute approximate surface area is 203 Å². The second kappa shape index (κ2) is 8.61. The average molecular weight is 473 g/mol. The Morgan fingerprint density at radius 2 is 1.89 bits per heavy atom. The number of phenols is 1. The zero-order valence-electron chi connectivity index (χ0n) is 20.0. The molecule has 35 heavy (non-hydrogen) atoms. The molecule has 2 aliphatic rings. The molecule has 0 fully saturated rings. The number of nitrogens with one attached hydrogen (secondary N) is 2. The summed E-state index contributed by atoms with van der Waals surface area (Å²) in [5, 5.41) is 20.6. The van der Waals surface area contributed by atoms with Crippen molar-refractivity contribution in [3.05, 3.63) is 77.1 Å². The van der Waals surface area contributed by atoms with Gasteiger partial charge < -0.3 is 20.5 Å². The Morgan fingerprint density at radius 1 is 1.17 bits per heavy atom. The van der Waals surface area contributed by atoms with Gasteiger partial charge >= 0.3 is 0 Å². The Balaban J connectivity index is 1.52. The summed E-state index contributed by atoms with van der Waals surface area (Å²) in [5.41, 5.74) is 3.10. The standard InChI is InChI=1S/C27H28N4O4/c1-4-35-19-11-7-17(8-12-19)29-26(34)20-15-28-31-24(16-5-9-18(32)10-6-16)23-21(30-25(20)31)13-27(2,3)14-22(23)33/h5-12,15,24,30,32H,4,13-14H2,1-3H3,(H,29,34). The van der Waals surface area contributed by atoms with Crippen molar-refractivity contribution in [2.75, 3.05) is 17.2 Å². The molecule has 180 valence electrons. The molecule has 2 heterocycles. The second-order valence-electron chi connectivity index (χ2n) is 9.72. The zero-order valence-corrected chi connectivity index (χ0v) is 20.0. The van der Waals surface area contributed by atoms with E-state index in [2.05, 4.69) is 29.6 Å². The van der Waals surface area contributed by atoms with Crippen molar-refractivity contribution in [1.29, 1.82) is 0 Å². The van der Waals surface area contributed by atoms with Gasteiger partial charge in [-0.05, 0) is 60.7 Å². The van der Waals surface area contributed by atoms with Crippen LogP contribution in [0.2, 0.25) is 0 Å². The van der Waals surface area contributed by atoms with E-state index in [1.54, 1.807) is 53.2 Å². The number of Topliss-reactive ketones (excluding diaryl/α,β-unsaturated/α-hetero) is 1. The van der Waals surface area contributed by atoms with Crippen LogP contribution >= 0.6 is 0 Å². The number of hydrogen-bond acceptors (Lipinski definition) is 6. The highest BCUT2D eigenvalue weighted by molar-refractivity contribution is 6.08. The van der Waals surface area contributed by atoms with Gasteiger partial charge in [0.05, 0.1) is 12.8 Å². The third-order valence-corrected chi connectivity index (χ3v) is 6.38. The minimum atomic E-state index is -0.488. The van der Waals surface area contributed by atoms with Crippen molar-refractivity contribution in [1.82, 2.24) is 9.78 Å². The predicted molar refractivity (Wildman–Crippen MR) is 133 cm³/mol. The Bertz CT molecular complexity index is 1320. The lowest BCUT2D eigenvalue weighted by atomic mass is 9.73. The van der Waals surface area contributed by atoms with E-state index in [9.17, 15) is 14.7 Å². The number of nitrogens with zero attached hydrogens (tertiary/aromatic N) is 2. The monoisotopic (exact) mass is 472 g/mol. The molecule has 3 aromatic rings. The number of ketones is 1. The maximum absolute atomic E-state index is 13.3. The van der Waals surface area contributed by atoms with E-state index in [0.717, 1.165) is 17.0 Å². The van der Waals surface area contributed by atoms with Crippen LogP contribution in [0, 0.1) is 5.41 Å². The number of phenolic OH excluding ortho intramolecular Hbond substituents is 1. The molecule has 1 unspecified atom stereocenters. The van der Waals surface area contributed by atoms with E-state index in [-0.39, 0.29) is 22.9 Å². The summed E-state index contributed by atoms with van der Waals surface area (Å²) in [6.07, 6.45) is 2.63. The third kappa shape index (κ3) is 4.27. The van der Waals surface area contributed by atoms with Gasteiger partial charge in [0.15, 0.2) is 5.78 Å². The van der Waals surface area contributed by atoms with Crippen LogP contribution in [-0.2, 0) is 4.79 Å². The Hall–Kier alpha value is -4.07. The van der Waals surface area contributed by atoms with Gasteiger partial charge in [0.25, 0.3) is 5.91 Å². The van der Waals surface area contributed by atoms with Gasteiger partial charge in [-0.15, -0.1) is 0 Å². The average Bonchev–Trinajstić information content (AvgIpc) is 3.23. The molecule has 8 nitrogen and oxygen atoms in total. The second-order valence-corrected chi connectivity index (χ2v) is 9.72. The number of carbonyl (C=O) groups is 2. The van der Waals surface area contributed by atoms with Gasteiger partial charge in [-0.2, -0.15) is 5.10 Å². The van der Waals surface area contributed by atoms with Gasteiger partial charge in [0, 0.05) is 23.4 Å². The Morgan fingerprint density at radius 3 is 2.57 bits per heavy atom. The van der Waals surface area contributed by atoms with Crippen LogP contribution in [0.5, 0.6) is 11.5 Å². The van der Waals surface area contributed by atoms with Crippen LogP contribution in [0.4, 0.5) is 11.5 Å². The lowest BCUT2D eigenvalue weighted by molar-refractivity contribution is -0.118. The molecule has 1 aliphatic heterocycles. The number of amides is 1. The fourth-order valence-corrected chi connectivity index (χ4v) is 4.84. The summed E-state index contributed by atoms with van der Waals surface area (Å²) >= 11 is 0. The van der Waals surface area contributed by atoms with Crippen LogP contribution < -0.4 is 15.4 Å². The lowest BCUT2D eigenvalue weighted by Gasteiger charge is -2.39. The molecule has 1 aliphatic carbocycles. The summed E-state index contributed by atoms with van der Waals surface area (Å²) < 4.78 is 7.15. The summed E-state index contributed by atoms with van der Waals surface area (Å²) in [6.45, 7) is 6.62. The number of rotatable bonds is 5. The van der Waals surface area contributed by atoms with Crippen molar-refractivity contribution in [3.63, 3.8) is 0 Å². The molecular formula is C27H28N4O4. The van der Waals surface area contributed by atoms with Crippen molar-refractivity contribution >= 4 is 23.2 Å². The lowest BCUT2D eigenvalue weighted by Crippen LogP contribution is -2.36. The van der Waals surface area contributed by atoms with Crippen molar-refractivity contribution in [2.45, 2.75) is 39.7 Å². The largest absolute Gasteiger partial charge is 0.508 e. The minimum Gasteiger partial charge on any atom is -0.508 e. The van der Waals surface area contributed by atoms with Gasteiger partial charge in [-0.3, -0.25) is 9.59 Å². The van der Waals surface area contributed by atoms with Crippen LogP contribution in [0.1, 0.15) is 55.6 Å². The smallest absolute Gasteiger partial charge is 0.261 e. The summed E-state index contributed by atoms with van der Waals surface area (Å²) in [6, 6.07) is 13.5. The molecule has 2 aromatic carbocycles. The zero-order chi connectivity index (χ0) is 24.7. The number of benzene rings is 2. The van der Waals surface area contributed by atoms with Crippen LogP contribution in [-0.4, -0.2) is 33.2 Å². The molecule has 1 aromatic heterocycles. The maximum Gasteiger partial charge on any atom is 0.261 e. The molecule has 0 bridgehead atoms. The van der Waals surface area contributed by atoms with Gasteiger partial charge in [0.2, 0.25) is 0 Å². The first kappa shape index (κ1) is 22.7. The highest BCUT2D eigenvalue weighted by Crippen LogP contribution is 2.46. The number of allylic oxidation sites excluding steroid dienone is 2. The summed E-state index contributed by atoms with van der Waals surface area (Å²) in [7, 11) is 0. The number of fused-ring (bicyclic) bond motifs is 1. The van der Waals surface area contributed by atoms with Crippen LogP contribution in [0.15, 0.2) is 66.0 Å². The highest BCUT2D eigenvalue weighted by atomic mass is 16.5. The first-order valence-corrected chi connectivity index (χ1v) is 11.7. The SMILES string of the molecule is CCOc1ccc(NC(=O)c2cnn3c2NC2=C(C(=O)CC(C)(C)C2)C3c2ccc(O)cc2)cc1. The number of aromatic nitrogens is 2. The quantitative estimate of drug-likeness (QED) is 0.488. The molecule has 0 saturated carbocycles. The summed E-state index contributed by atoms with van der Waals surface area (Å²) in [5.74, 6) is 1.16. The van der Waals surface area contributed by atoms with Crippen molar-refractivity contribution < 1.29 is 19.4 Å². The normalized spacial score (nSPS) is 18.4. The maximum atomic E-state index is 13.3. The van der Waals surface area contributed by atoms with E-state index in [1.165, 1.54) is 6.20 Å². The number of aromatic hydroxyl groups is 1. The molecule has 8 heteroatoms. The van der Waals surface area contributed by atoms with Crippen LogP contribution in [0.3, 0.4) is 0 Å². The molecular weight excluding hydrogens is 444 g/mol. The first-order valence-electron chi connectivity index (χ1n) is 11.7. The van der Waals surface area contributed by atoms with E-state index in [1.807, 2.05) is 6.92 Å². The number of ether oxygens (including phenoxy) is 1. The molecule has 1 atom stereocenters. The minimum absolute atomic E-state index is 0.0587. The number of carbonyl (C=O) groups excluding carboxylic acids is 2. The van der Waals surface area contributed by atoms with E-state index < -0.39 is 6.04 Å². The summed E-state index contributed by atoms with van der Waals surface area (Å²) in [4.78, 5) is 26.5. The predicted octanol–water partition coefficient (Wildman–Crippen LogP) is 4.90. The van der Waals surface area contributed by atoms with E-state index in [4.69, 9.17) is 4.74 Å². The van der Waals surface area contributed by atoms with Gasteiger partial charge in [-0.25, -0.2) is 4.68 Å². The van der Waals surface area contributed by atoms with E-state index in [0.29, 0.717) is 42.1 Å². The van der Waals surface area contributed by atoms with Gasteiger partial charge in [-0.1, -0.05) is 26.0 Å². The molecule has 5 rings (SSSR count). The fourth-order valence-electron chi connectivity index (χ4n) is 4.84. The Kier molecular flexibility index (Phi) is 5.59. The molecule has 1 amide bonds. The first-order chi connectivity index (χ1) is 16.8. The molecule has 0 radical (unpaired) electrons. The number of hydrogen-bond donors (Lipinski definition) is 3. The number of anilines is 2. The highest BCUT2D eigenvalue weighted by Gasteiger charge is 2.42. The fraction of sp³-hybridized carbons (Fsp3) is 0.296. The van der Waals surface area contributed by atoms with Crippen molar-refractivity contribution in [2.24, 2.45) is 5.41 Å². The van der Waals surface area contributed by atoms with E-state index >= 15 is 0 Å². The van der Waals surface area contributed by atoms with Crippen molar-refractivity contribution in [3.8, 4) is 11.5 Å². The van der Waals surface area contributed by atoms with Gasteiger partial charge in [0.1, 0.15) is 28.9 Å². The molecule has 0 saturated heterocycles. The molecule has 0 spiro atoms. The van der Waals surface area contributed by atoms with Crippen LogP contribution in [0.25, 0.3) is 0 Å². The molecule has 3 N–H and O–H groups in total. The topological polar surface area (TPSA) is 105 Å².